The SMILES string of the molecule is CCCn1c(SCC(=O)NC(C)c2ccccc2)nnc1-c1csc(C(C)C)c1. The molecule has 0 aliphatic heterocycles. The topological polar surface area (TPSA) is 59.8 Å². The van der Waals surface area contributed by atoms with Crippen molar-refractivity contribution in [1.82, 2.24) is 20.1 Å². The van der Waals surface area contributed by atoms with Crippen LogP contribution in [0.4, 0.5) is 0 Å². The van der Waals surface area contributed by atoms with E-state index in [-0.39, 0.29) is 11.9 Å². The number of nitrogens with one attached hydrogen (secondary N) is 1. The van der Waals surface area contributed by atoms with Gasteiger partial charge in [0.1, 0.15) is 0 Å². The Morgan fingerprint density at radius 1 is 1.21 bits per heavy atom. The van der Waals surface area contributed by atoms with Gasteiger partial charge >= 0.3 is 0 Å². The van der Waals surface area contributed by atoms with E-state index in [9.17, 15) is 4.79 Å². The summed E-state index contributed by atoms with van der Waals surface area (Å²) < 4.78 is 2.13. The zero-order chi connectivity index (χ0) is 20.8. The number of amides is 1. The molecule has 1 aromatic carbocycles. The molecule has 0 radical (unpaired) electrons. The number of benzene rings is 1. The molecule has 0 aliphatic rings. The molecule has 1 N–H and O–H groups in total. The van der Waals surface area contributed by atoms with Crippen LogP contribution in [-0.4, -0.2) is 26.4 Å². The molecule has 2 heterocycles. The molecule has 0 saturated heterocycles. The zero-order valence-corrected chi connectivity index (χ0v) is 19.0. The fourth-order valence-electron chi connectivity index (χ4n) is 3.05. The van der Waals surface area contributed by atoms with Crippen molar-refractivity contribution in [3.8, 4) is 11.4 Å². The van der Waals surface area contributed by atoms with Crippen LogP contribution in [0.15, 0.2) is 46.9 Å². The van der Waals surface area contributed by atoms with Crippen LogP contribution >= 0.6 is 23.1 Å². The largest absolute Gasteiger partial charge is 0.349 e. The third-order valence-corrected chi connectivity index (χ3v) is 6.82. The van der Waals surface area contributed by atoms with E-state index in [1.54, 1.807) is 11.3 Å². The maximum absolute atomic E-state index is 12.4. The van der Waals surface area contributed by atoms with Crippen molar-refractivity contribution >= 4 is 29.0 Å². The zero-order valence-electron chi connectivity index (χ0n) is 17.4. The third kappa shape index (κ3) is 5.48. The Hall–Kier alpha value is -2.12. The molecule has 0 fully saturated rings. The van der Waals surface area contributed by atoms with E-state index in [2.05, 4.69) is 52.3 Å². The summed E-state index contributed by atoms with van der Waals surface area (Å²) in [6.07, 6.45) is 0.983. The molecule has 0 aliphatic carbocycles. The minimum atomic E-state index is -0.0198. The molecule has 1 amide bonds. The number of thioether (sulfide) groups is 1. The molecule has 3 aromatic rings. The van der Waals surface area contributed by atoms with Crippen molar-refractivity contribution in [1.29, 1.82) is 0 Å². The number of rotatable bonds is 9. The van der Waals surface area contributed by atoms with Gasteiger partial charge in [0.2, 0.25) is 5.91 Å². The average molecular weight is 429 g/mol. The Kier molecular flexibility index (Phi) is 7.50. The summed E-state index contributed by atoms with van der Waals surface area (Å²) in [6, 6.07) is 12.2. The van der Waals surface area contributed by atoms with E-state index in [0.29, 0.717) is 11.7 Å². The molecule has 3 rings (SSSR count). The van der Waals surface area contributed by atoms with Gasteiger partial charge < -0.3 is 9.88 Å². The monoisotopic (exact) mass is 428 g/mol. The minimum absolute atomic E-state index is 0.00317. The van der Waals surface area contributed by atoms with Gasteiger partial charge in [-0.2, -0.15) is 0 Å². The highest BCUT2D eigenvalue weighted by Gasteiger charge is 2.17. The number of nitrogens with zero attached hydrogens (tertiary/aromatic N) is 3. The normalized spacial score (nSPS) is 12.3. The van der Waals surface area contributed by atoms with Gasteiger partial charge in [-0.3, -0.25) is 4.79 Å². The number of hydrogen-bond acceptors (Lipinski definition) is 5. The lowest BCUT2D eigenvalue weighted by Gasteiger charge is -2.14. The minimum Gasteiger partial charge on any atom is -0.349 e. The molecule has 154 valence electrons. The predicted molar refractivity (Wildman–Crippen MR) is 121 cm³/mol. The standard InChI is InChI=1S/C22H28N4OS2/c1-5-11-26-21(18-12-19(15(2)3)28-13-18)24-25-22(26)29-14-20(27)23-16(4)17-9-7-6-8-10-17/h6-10,12-13,15-16H,5,11,14H2,1-4H3,(H,23,27). The van der Waals surface area contributed by atoms with Crippen LogP contribution in [0.3, 0.4) is 0 Å². The van der Waals surface area contributed by atoms with Crippen LogP contribution in [0.25, 0.3) is 11.4 Å². The van der Waals surface area contributed by atoms with Crippen molar-refractivity contribution in [3.63, 3.8) is 0 Å². The van der Waals surface area contributed by atoms with Gasteiger partial charge in [-0.15, -0.1) is 21.5 Å². The van der Waals surface area contributed by atoms with Gasteiger partial charge in [0, 0.05) is 22.4 Å². The van der Waals surface area contributed by atoms with E-state index in [1.165, 1.54) is 16.6 Å². The van der Waals surface area contributed by atoms with Crippen LogP contribution in [0.1, 0.15) is 56.5 Å². The second-order valence-electron chi connectivity index (χ2n) is 7.34. The van der Waals surface area contributed by atoms with Crippen molar-refractivity contribution in [2.24, 2.45) is 0 Å². The van der Waals surface area contributed by atoms with Crippen LogP contribution in [0.5, 0.6) is 0 Å². The molecule has 5 nitrogen and oxygen atoms in total. The first-order valence-corrected chi connectivity index (χ1v) is 11.8. The molecule has 0 bridgehead atoms. The van der Waals surface area contributed by atoms with Crippen LogP contribution < -0.4 is 5.32 Å². The first-order valence-electron chi connectivity index (χ1n) is 9.98. The van der Waals surface area contributed by atoms with E-state index in [1.807, 2.05) is 37.3 Å². The Labute approximate surface area is 180 Å². The fraction of sp³-hybridized carbons (Fsp3) is 0.409. The van der Waals surface area contributed by atoms with Crippen molar-refractivity contribution < 1.29 is 4.79 Å². The van der Waals surface area contributed by atoms with Gasteiger partial charge in [-0.05, 0) is 30.9 Å². The van der Waals surface area contributed by atoms with E-state index in [0.717, 1.165) is 35.1 Å². The summed E-state index contributed by atoms with van der Waals surface area (Å²) in [4.78, 5) is 13.8. The Morgan fingerprint density at radius 2 is 1.97 bits per heavy atom. The van der Waals surface area contributed by atoms with Crippen LogP contribution in [0, 0.1) is 0 Å². The highest BCUT2D eigenvalue weighted by molar-refractivity contribution is 7.99. The summed E-state index contributed by atoms with van der Waals surface area (Å²) in [5.74, 6) is 1.70. The molecule has 0 saturated carbocycles. The van der Waals surface area contributed by atoms with Gasteiger partial charge in [0.25, 0.3) is 0 Å². The van der Waals surface area contributed by atoms with E-state index in [4.69, 9.17) is 0 Å². The Balaban J connectivity index is 1.67. The number of carbonyl (C=O) groups excluding carboxylic acids is 1. The molecule has 1 unspecified atom stereocenters. The summed E-state index contributed by atoms with van der Waals surface area (Å²) in [7, 11) is 0. The first kappa shape index (κ1) is 21.6. The second-order valence-corrected chi connectivity index (χ2v) is 9.22. The lowest BCUT2D eigenvalue weighted by atomic mass is 10.1. The van der Waals surface area contributed by atoms with Crippen LogP contribution in [-0.2, 0) is 11.3 Å². The summed E-state index contributed by atoms with van der Waals surface area (Å²) in [5.41, 5.74) is 2.20. The Morgan fingerprint density at radius 3 is 2.62 bits per heavy atom. The molecular formula is C22H28N4OS2. The van der Waals surface area contributed by atoms with E-state index < -0.39 is 0 Å². The number of aromatic nitrogens is 3. The average Bonchev–Trinajstić information content (AvgIpc) is 3.34. The molecule has 29 heavy (non-hydrogen) atoms. The smallest absolute Gasteiger partial charge is 0.230 e. The highest BCUT2D eigenvalue weighted by atomic mass is 32.2. The molecule has 0 spiro atoms. The maximum atomic E-state index is 12.4. The van der Waals surface area contributed by atoms with Crippen molar-refractivity contribution in [2.75, 3.05) is 5.75 Å². The third-order valence-electron chi connectivity index (χ3n) is 4.62. The second kappa shape index (κ2) is 10.1. The van der Waals surface area contributed by atoms with Crippen LogP contribution in [0.2, 0.25) is 0 Å². The summed E-state index contributed by atoms with van der Waals surface area (Å²) in [6.45, 7) is 9.36. The quantitative estimate of drug-likeness (QED) is 0.457. The lowest BCUT2D eigenvalue weighted by Crippen LogP contribution is -2.28. The predicted octanol–water partition coefficient (Wildman–Crippen LogP) is 5.51. The summed E-state index contributed by atoms with van der Waals surface area (Å²) in [5, 5.41) is 14.8. The van der Waals surface area contributed by atoms with Gasteiger partial charge in [0.05, 0.1) is 11.8 Å². The maximum Gasteiger partial charge on any atom is 0.230 e. The van der Waals surface area contributed by atoms with Gasteiger partial charge in [0.15, 0.2) is 11.0 Å². The van der Waals surface area contributed by atoms with Gasteiger partial charge in [-0.1, -0.05) is 62.9 Å². The Bertz CT molecular complexity index is 933. The van der Waals surface area contributed by atoms with Crippen molar-refractivity contribution in [2.45, 2.75) is 57.8 Å². The highest BCUT2D eigenvalue weighted by Crippen LogP contribution is 2.31. The number of carbonyl (C=O) groups is 1. The fourth-order valence-corrected chi connectivity index (χ4v) is 4.72. The van der Waals surface area contributed by atoms with E-state index >= 15 is 0 Å². The molecule has 7 heteroatoms. The van der Waals surface area contributed by atoms with Crippen molar-refractivity contribution in [3.05, 3.63) is 52.2 Å². The lowest BCUT2D eigenvalue weighted by molar-refractivity contribution is -0.119. The first-order chi connectivity index (χ1) is 14.0. The molecule has 1 atom stereocenters. The molecule has 2 aromatic heterocycles. The summed E-state index contributed by atoms with van der Waals surface area (Å²) >= 11 is 3.20. The van der Waals surface area contributed by atoms with Gasteiger partial charge in [-0.25, -0.2) is 0 Å². The number of thiophene rings is 1. The number of hydrogen-bond donors (Lipinski definition) is 1. The molecular weight excluding hydrogens is 400 g/mol.